The van der Waals surface area contributed by atoms with E-state index >= 15 is 0 Å². The van der Waals surface area contributed by atoms with Crippen LogP contribution in [0.5, 0.6) is 0 Å². The van der Waals surface area contributed by atoms with Gasteiger partial charge in [0, 0.05) is 37.2 Å². The Kier molecular flexibility index (Phi) is 7.00. The van der Waals surface area contributed by atoms with Crippen LogP contribution in [0.2, 0.25) is 5.02 Å². The number of piperazine rings is 1. The Hall–Kier alpha value is -0.420. The quantitative estimate of drug-likeness (QED) is 0.918. The Bertz CT molecular complexity index is 398. The lowest BCUT2D eigenvalue weighted by Crippen LogP contribution is -2.45. The molecule has 2 nitrogen and oxygen atoms in total. The number of alkyl halides is 1. The third-order valence-electron chi connectivity index (χ3n) is 3.30. The van der Waals surface area contributed by atoms with Crippen LogP contribution in [0.3, 0.4) is 0 Å². The van der Waals surface area contributed by atoms with Gasteiger partial charge < -0.3 is 5.32 Å². The molecule has 0 spiro atoms. The minimum atomic E-state index is -0.400. The highest BCUT2D eigenvalue weighted by molar-refractivity contribution is 6.31. The van der Waals surface area contributed by atoms with Crippen molar-refractivity contribution >= 4 is 24.0 Å². The first-order valence-corrected chi connectivity index (χ1v) is 6.56. The fraction of sp³-hybridized carbons (Fsp3) is 0.538. The molecular weight excluding hydrogens is 293 g/mol. The molecule has 0 aromatic heterocycles. The molecule has 2 rings (SSSR count). The van der Waals surface area contributed by atoms with E-state index in [9.17, 15) is 8.78 Å². The van der Waals surface area contributed by atoms with Crippen LogP contribution in [-0.2, 0) is 0 Å². The van der Waals surface area contributed by atoms with E-state index in [1.165, 1.54) is 12.1 Å². The van der Waals surface area contributed by atoms with Crippen molar-refractivity contribution < 1.29 is 8.78 Å². The Morgan fingerprint density at radius 2 is 2.00 bits per heavy atom. The highest BCUT2D eigenvalue weighted by Crippen LogP contribution is 2.31. The van der Waals surface area contributed by atoms with Gasteiger partial charge in [-0.2, -0.15) is 0 Å². The molecule has 1 saturated heterocycles. The average molecular weight is 311 g/mol. The van der Waals surface area contributed by atoms with Crippen LogP contribution in [0.25, 0.3) is 0 Å². The molecule has 0 amide bonds. The van der Waals surface area contributed by atoms with Crippen LogP contribution in [0, 0.1) is 5.82 Å². The Morgan fingerprint density at radius 1 is 1.32 bits per heavy atom. The van der Waals surface area contributed by atoms with Crippen LogP contribution in [0.4, 0.5) is 8.78 Å². The molecule has 1 aliphatic rings. The number of halogens is 4. The van der Waals surface area contributed by atoms with Crippen LogP contribution >= 0.6 is 24.0 Å². The topological polar surface area (TPSA) is 15.3 Å². The number of rotatable bonds is 4. The lowest BCUT2D eigenvalue weighted by molar-refractivity contribution is 0.157. The number of nitrogens with one attached hydrogen (secondary N) is 1. The molecule has 1 aliphatic heterocycles. The van der Waals surface area contributed by atoms with E-state index in [0.717, 1.165) is 31.7 Å². The second-order valence-electron chi connectivity index (χ2n) is 4.45. The predicted octanol–water partition coefficient (Wildman–Crippen LogP) is 3.21. The van der Waals surface area contributed by atoms with Crippen molar-refractivity contribution in [3.63, 3.8) is 0 Å². The molecule has 108 valence electrons. The van der Waals surface area contributed by atoms with Gasteiger partial charge in [0.15, 0.2) is 0 Å². The second-order valence-corrected chi connectivity index (χ2v) is 4.85. The second kappa shape index (κ2) is 8.00. The maximum absolute atomic E-state index is 13.1. The van der Waals surface area contributed by atoms with Gasteiger partial charge in [0.2, 0.25) is 0 Å². The summed E-state index contributed by atoms with van der Waals surface area (Å²) in [4.78, 5) is 2.20. The number of hydrogen-bond donors (Lipinski definition) is 1. The van der Waals surface area contributed by atoms with Crippen LogP contribution in [-0.4, -0.2) is 37.8 Å². The van der Waals surface area contributed by atoms with Gasteiger partial charge in [-0.15, -0.1) is 12.4 Å². The fourth-order valence-corrected chi connectivity index (χ4v) is 2.70. The molecule has 1 aromatic carbocycles. The SMILES string of the molecule is Cl.FCC[C@H](c1ccc(F)cc1Cl)N1CCNCC1. The van der Waals surface area contributed by atoms with Crippen molar-refractivity contribution in [2.75, 3.05) is 32.9 Å². The van der Waals surface area contributed by atoms with Crippen molar-refractivity contribution in [2.24, 2.45) is 0 Å². The molecule has 0 bridgehead atoms. The zero-order chi connectivity index (χ0) is 13.0. The van der Waals surface area contributed by atoms with Crippen molar-refractivity contribution in [3.05, 3.63) is 34.6 Å². The number of nitrogens with zero attached hydrogens (tertiary/aromatic N) is 1. The molecule has 1 N–H and O–H groups in total. The Morgan fingerprint density at radius 3 is 2.58 bits per heavy atom. The summed E-state index contributed by atoms with van der Waals surface area (Å²) in [5.41, 5.74) is 0.817. The molecule has 1 aromatic rings. The average Bonchev–Trinajstić information content (AvgIpc) is 2.38. The summed E-state index contributed by atoms with van der Waals surface area (Å²) in [5.74, 6) is -0.358. The van der Waals surface area contributed by atoms with Crippen LogP contribution < -0.4 is 5.32 Å². The highest BCUT2D eigenvalue weighted by atomic mass is 35.5. The zero-order valence-electron chi connectivity index (χ0n) is 10.5. The van der Waals surface area contributed by atoms with Gasteiger partial charge in [0.25, 0.3) is 0 Å². The summed E-state index contributed by atoms with van der Waals surface area (Å²) in [5, 5.41) is 3.64. The highest BCUT2D eigenvalue weighted by Gasteiger charge is 2.23. The van der Waals surface area contributed by atoms with Crippen molar-refractivity contribution in [1.82, 2.24) is 10.2 Å². The summed E-state index contributed by atoms with van der Waals surface area (Å²) in [6.45, 7) is 3.10. The molecule has 1 heterocycles. The van der Waals surface area contributed by atoms with Gasteiger partial charge in [-0.25, -0.2) is 4.39 Å². The van der Waals surface area contributed by atoms with Gasteiger partial charge in [0.1, 0.15) is 5.82 Å². The van der Waals surface area contributed by atoms with E-state index in [2.05, 4.69) is 10.2 Å². The first-order chi connectivity index (χ1) is 8.72. The maximum Gasteiger partial charge on any atom is 0.124 e. The molecule has 19 heavy (non-hydrogen) atoms. The van der Waals surface area contributed by atoms with Crippen molar-refractivity contribution in [1.29, 1.82) is 0 Å². The van der Waals surface area contributed by atoms with E-state index in [0.29, 0.717) is 11.4 Å². The van der Waals surface area contributed by atoms with E-state index in [1.807, 2.05) is 0 Å². The summed E-state index contributed by atoms with van der Waals surface area (Å²) in [7, 11) is 0. The summed E-state index contributed by atoms with van der Waals surface area (Å²) in [6.07, 6.45) is 0.394. The molecule has 1 atom stereocenters. The fourth-order valence-electron chi connectivity index (χ4n) is 2.40. The van der Waals surface area contributed by atoms with Crippen LogP contribution in [0.15, 0.2) is 18.2 Å². The predicted molar refractivity (Wildman–Crippen MR) is 76.4 cm³/mol. The van der Waals surface area contributed by atoms with Gasteiger partial charge in [-0.1, -0.05) is 17.7 Å². The molecule has 0 aliphatic carbocycles. The first-order valence-electron chi connectivity index (χ1n) is 6.18. The minimum absolute atomic E-state index is 0. The van der Waals surface area contributed by atoms with Crippen molar-refractivity contribution in [3.8, 4) is 0 Å². The standard InChI is InChI=1S/C13H17ClF2N2.ClH/c14-12-9-10(16)1-2-11(12)13(3-4-15)18-7-5-17-6-8-18;/h1-2,9,13,17H,3-8H2;1H/t13-;/m1./s1. The van der Waals surface area contributed by atoms with E-state index in [1.54, 1.807) is 6.07 Å². The van der Waals surface area contributed by atoms with Gasteiger partial charge in [0.05, 0.1) is 6.67 Å². The minimum Gasteiger partial charge on any atom is -0.314 e. The monoisotopic (exact) mass is 310 g/mol. The smallest absolute Gasteiger partial charge is 0.124 e. The van der Waals surface area contributed by atoms with Gasteiger partial charge in [-0.3, -0.25) is 9.29 Å². The van der Waals surface area contributed by atoms with Gasteiger partial charge >= 0.3 is 0 Å². The largest absolute Gasteiger partial charge is 0.314 e. The molecule has 0 unspecified atom stereocenters. The summed E-state index contributed by atoms with van der Waals surface area (Å²) < 4.78 is 25.8. The summed E-state index contributed by atoms with van der Waals surface area (Å²) >= 11 is 6.07. The third-order valence-corrected chi connectivity index (χ3v) is 3.62. The molecular formula is C13H18Cl2F2N2. The lowest BCUT2D eigenvalue weighted by atomic mass is 10.0. The first kappa shape index (κ1) is 16.6. The Labute approximate surface area is 123 Å². The molecule has 0 saturated carbocycles. The number of benzene rings is 1. The molecule has 6 heteroatoms. The van der Waals surface area contributed by atoms with E-state index in [-0.39, 0.29) is 24.3 Å². The Balaban J connectivity index is 0.00000180. The van der Waals surface area contributed by atoms with Gasteiger partial charge in [-0.05, 0) is 24.1 Å². The summed E-state index contributed by atoms with van der Waals surface area (Å²) in [6, 6.07) is 4.28. The number of hydrogen-bond acceptors (Lipinski definition) is 2. The maximum atomic E-state index is 13.1. The van der Waals surface area contributed by atoms with E-state index < -0.39 is 6.67 Å². The normalized spacial score (nSPS) is 17.8. The molecule has 1 fully saturated rings. The zero-order valence-corrected chi connectivity index (χ0v) is 12.1. The third kappa shape index (κ3) is 4.28. The van der Waals surface area contributed by atoms with Crippen LogP contribution in [0.1, 0.15) is 18.0 Å². The lowest BCUT2D eigenvalue weighted by Gasteiger charge is -2.35. The van der Waals surface area contributed by atoms with E-state index in [4.69, 9.17) is 11.6 Å². The van der Waals surface area contributed by atoms with Crippen molar-refractivity contribution in [2.45, 2.75) is 12.5 Å². The molecule has 0 radical (unpaired) electrons.